The van der Waals surface area contributed by atoms with Gasteiger partial charge in [0.25, 0.3) is 0 Å². The molecule has 0 fully saturated rings. The van der Waals surface area contributed by atoms with Gasteiger partial charge >= 0.3 is 0 Å². The van der Waals surface area contributed by atoms with Crippen LogP contribution in [0, 0.1) is 5.92 Å². The van der Waals surface area contributed by atoms with Crippen molar-refractivity contribution < 1.29 is 19.8 Å². The largest absolute Gasteiger partial charge is 0.396 e. The molecule has 1 unspecified atom stereocenters. The van der Waals surface area contributed by atoms with Gasteiger partial charge in [-0.2, -0.15) is 0 Å². The van der Waals surface area contributed by atoms with Crippen molar-refractivity contribution in [2.75, 3.05) is 6.61 Å². The molecular weight excluding hydrogens is 184 g/mol. The topological polar surface area (TPSA) is 74.6 Å². The summed E-state index contributed by atoms with van der Waals surface area (Å²) in [7, 11) is 0. The summed E-state index contributed by atoms with van der Waals surface area (Å²) in [5, 5.41) is 18.6. The van der Waals surface area contributed by atoms with Gasteiger partial charge in [-0.3, -0.25) is 9.59 Å². The van der Waals surface area contributed by atoms with Crippen LogP contribution in [-0.4, -0.2) is 34.0 Å². The lowest BCUT2D eigenvalue weighted by Gasteiger charge is -2.27. The van der Waals surface area contributed by atoms with Crippen LogP contribution in [-0.2, 0) is 9.59 Å². The van der Waals surface area contributed by atoms with Gasteiger partial charge in [0.05, 0.1) is 0 Å². The molecule has 0 aromatic rings. The van der Waals surface area contributed by atoms with Crippen molar-refractivity contribution in [2.24, 2.45) is 5.92 Å². The SMILES string of the molecule is C=CC(=O)C(O)(C(=O)C=C)C(C)CO. The zero-order valence-electron chi connectivity index (χ0n) is 8.06. The molecule has 0 spiro atoms. The second-order valence-corrected chi connectivity index (χ2v) is 2.99. The van der Waals surface area contributed by atoms with Gasteiger partial charge < -0.3 is 10.2 Å². The Balaban J connectivity index is 5.23. The number of carbonyl (C=O) groups is 2. The van der Waals surface area contributed by atoms with Crippen molar-refractivity contribution >= 4 is 11.6 Å². The minimum absolute atomic E-state index is 0.477. The molecule has 0 saturated heterocycles. The summed E-state index contributed by atoms with van der Waals surface area (Å²) in [5.41, 5.74) is -2.24. The van der Waals surface area contributed by atoms with Gasteiger partial charge in [-0.15, -0.1) is 0 Å². The third-order valence-electron chi connectivity index (χ3n) is 2.11. The van der Waals surface area contributed by atoms with E-state index in [1.165, 1.54) is 6.92 Å². The van der Waals surface area contributed by atoms with Crippen molar-refractivity contribution in [1.82, 2.24) is 0 Å². The van der Waals surface area contributed by atoms with Crippen LogP contribution in [0.3, 0.4) is 0 Å². The summed E-state index contributed by atoms with van der Waals surface area (Å²) in [6, 6.07) is 0. The normalized spacial score (nSPS) is 13.1. The van der Waals surface area contributed by atoms with E-state index in [4.69, 9.17) is 5.11 Å². The van der Waals surface area contributed by atoms with Crippen molar-refractivity contribution in [3.63, 3.8) is 0 Å². The van der Waals surface area contributed by atoms with Crippen LogP contribution in [0.2, 0.25) is 0 Å². The monoisotopic (exact) mass is 198 g/mol. The van der Waals surface area contributed by atoms with E-state index in [9.17, 15) is 14.7 Å². The molecule has 0 aromatic carbocycles. The molecule has 0 saturated carbocycles. The Bertz CT molecular complexity index is 247. The lowest BCUT2D eigenvalue weighted by Crippen LogP contribution is -2.51. The van der Waals surface area contributed by atoms with Crippen LogP contribution >= 0.6 is 0 Å². The lowest BCUT2D eigenvalue weighted by atomic mass is 9.81. The van der Waals surface area contributed by atoms with Crippen LogP contribution in [0.4, 0.5) is 0 Å². The van der Waals surface area contributed by atoms with E-state index in [0.29, 0.717) is 0 Å². The zero-order chi connectivity index (χ0) is 11.4. The first kappa shape index (κ1) is 12.7. The minimum Gasteiger partial charge on any atom is -0.396 e. The van der Waals surface area contributed by atoms with Crippen LogP contribution in [0.1, 0.15) is 6.92 Å². The molecule has 0 aromatic heterocycles. The number of ketones is 2. The molecule has 0 aliphatic carbocycles. The van der Waals surface area contributed by atoms with Gasteiger partial charge in [-0.1, -0.05) is 20.1 Å². The summed E-state index contributed by atoms with van der Waals surface area (Å²) < 4.78 is 0. The van der Waals surface area contributed by atoms with Crippen LogP contribution in [0.15, 0.2) is 25.3 Å². The molecule has 0 heterocycles. The van der Waals surface area contributed by atoms with Crippen LogP contribution in [0.25, 0.3) is 0 Å². The van der Waals surface area contributed by atoms with Crippen molar-refractivity contribution in [3.05, 3.63) is 25.3 Å². The van der Waals surface area contributed by atoms with Gasteiger partial charge in [0.15, 0.2) is 17.2 Å². The third-order valence-corrected chi connectivity index (χ3v) is 2.11. The second kappa shape index (κ2) is 4.83. The summed E-state index contributed by atoms with van der Waals surface area (Å²) in [4.78, 5) is 22.6. The van der Waals surface area contributed by atoms with Crippen molar-refractivity contribution in [1.29, 1.82) is 0 Å². The highest BCUT2D eigenvalue weighted by Gasteiger charge is 2.45. The fourth-order valence-corrected chi connectivity index (χ4v) is 1.05. The maximum Gasteiger partial charge on any atom is 0.194 e. The maximum atomic E-state index is 11.3. The molecule has 0 rings (SSSR count). The highest BCUT2D eigenvalue weighted by atomic mass is 16.3. The Morgan fingerprint density at radius 1 is 1.36 bits per heavy atom. The number of rotatable bonds is 6. The predicted molar refractivity (Wildman–Crippen MR) is 51.6 cm³/mol. The average molecular weight is 198 g/mol. The molecule has 0 bridgehead atoms. The molecule has 14 heavy (non-hydrogen) atoms. The van der Waals surface area contributed by atoms with Crippen LogP contribution in [0.5, 0.6) is 0 Å². The third kappa shape index (κ3) is 1.97. The molecule has 0 aliphatic rings. The van der Waals surface area contributed by atoms with E-state index < -0.39 is 29.7 Å². The smallest absolute Gasteiger partial charge is 0.194 e. The lowest BCUT2D eigenvalue weighted by molar-refractivity contribution is -0.151. The number of carbonyl (C=O) groups excluding carboxylic acids is 2. The number of hydrogen-bond acceptors (Lipinski definition) is 4. The van der Waals surface area contributed by atoms with Gasteiger partial charge in [0, 0.05) is 12.5 Å². The highest BCUT2D eigenvalue weighted by Crippen LogP contribution is 2.20. The first-order valence-electron chi connectivity index (χ1n) is 4.12. The standard InChI is InChI=1S/C10H14O4/c1-4-8(12)10(14,7(3)6-11)9(13)5-2/h4-5,7,11,14H,1-2,6H2,3H3. The number of hydrogen-bond donors (Lipinski definition) is 2. The summed E-state index contributed by atoms with van der Waals surface area (Å²) >= 11 is 0. The highest BCUT2D eigenvalue weighted by molar-refractivity contribution is 6.18. The Kier molecular flexibility index (Phi) is 4.40. The molecule has 78 valence electrons. The molecule has 0 amide bonds. The Hall–Kier alpha value is -1.26. The average Bonchev–Trinajstić information content (AvgIpc) is 2.24. The molecule has 0 aliphatic heterocycles. The Morgan fingerprint density at radius 3 is 1.93 bits per heavy atom. The number of aliphatic hydroxyl groups is 2. The fraction of sp³-hybridized carbons (Fsp3) is 0.400. The first-order chi connectivity index (χ1) is 6.44. The Morgan fingerprint density at radius 2 is 1.71 bits per heavy atom. The van der Waals surface area contributed by atoms with E-state index in [1.54, 1.807) is 0 Å². The van der Waals surface area contributed by atoms with Gasteiger partial charge in [-0.05, 0) is 12.2 Å². The van der Waals surface area contributed by atoms with Gasteiger partial charge in [0.2, 0.25) is 0 Å². The fourth-order valence-electron chi connectivity index (χ4n) is 1.05. The number of aliphatic hydroxyl groups excluding tert-OH is 1. The molecule has 1 atom stereocenters. The molecule has 4 heteroatoms. The zero-order valence-corrected chi connectivity index (χ0v) is 8.06. The predicted octanol–water partition coefficient (Wildman–Crippen LogP) is -0.144. The van der Waals surface area contributed by atoms with E-state index in [-0.39, 0.29) is 0 Å². The molecule has 0 radical (unpaired) electrons. The summed E-state index contributed by atoms with van der Waals surface area (Å²) in [6.07, 6.45) is 1.71. The van der Waals surface area contributed by atoms with Gasteiger partial charge in [-0.25, -0.2) is 0 Å². The minimum atomic E-state index is -2.24. The van der Waals surface area contributed by atoms with Crippen molar-refractivity contribution in [3.8, 4) is 0 Å². The van der Waals surface area contributed by atoms with E-state index >= 15 is 0 Å². The van der Waals surface area contributed by atoms with Crippen molar-refractivity contribution in [2.45, 2.75) is 12.5 Å². The van der Waals surface area contributed by atoms with Gasteiger partial charge in [0.1, 0.15) is 0 Å². The second-order valence-electron chi connectivity index (χ2n) is 2.99. The molecule has 2 N–H and O–H groups in total. The quantitative estimate of drug-likeness (QED) is 0.460. The van der Waals surface area contributed by atoms with E-state index in [1.807, 2.05) is 0 Å². The van der Waals surface area contributed by atoms with Crippen LogP contribution < -0.4 is 0 Å². The van der Waals surface area contributed by atoms with E-state index in [2.05, 4.69) is 13.2 Å². The maximum absolute atomic E-state index is 11.3. The summed E-state index contributed by atoms with van der Waals surface area (Å²) in [6.45, 7) is 7.28. The van der Waals surface area contributed by atoms with E-state index in [0.717, 1.165) is 12.2 Å². The summed E-state index contributed by atoms with van der Waals surface area (Å²) in [5.74, 6) is -2.55. The first-order valence-corrected chi connectivity index (χ1v) is 4.12. The molecule has 4 nitrogen and oxygen atoms in total. The Labute approximate surface area is 82.6 Å². The molecular formula is C10H14O4.